The number of benzene rings is 2. The molecule has 1 aliphatic rings. The van der Waals surface area contributed by atoms with E-state index in [1.165, 1.54) is 38.4 Å². The zero-order valence-corrected chi connectivity index (χ0v) is 19.0. The smallest absolute Gasteiger partial charge is 0.347 e. The molecular weight excluding hydrogens is 454 g/mol. The number of sulfonamides is 1. The van der Waals surface area contributed by atoms with Gasteiger partial charge in [-0.1, -0.05) is 11.2 Å². The van der Waals surface area contributed by atoms with Crippen LogP contribution in [0.2, 0.25) is 0 Å². The molecule has 0 spiro atoms. The monoisotopic (exact) mass is 477 g/mol. The average molecular weight is 477 g/mol. The molecule has 0 aliphatic carbocycles. The second-order valence-corrected chi connectivity index (χ2v) is 9.19. The van der Waals surface area contributed by atoms with E-state index in [0.29, 0.717) is 17.2 Å². The molecule has 2 aromatic carbocycles. The van der Waals surface area contributed by atoms with Gasteiger partial charge in [-0.25, -0.2) is 17.5 Å². The number of ether oxygens (including phenoxy) is 3. The molecule has 1 N–H and O–H groups in total. The Kier molecular flexibility index (Phi) is 7.51. The lowest BCUT2D eigenvalue weighted by molar-refractivity contribution is -0.151. The lowest BCUT2D eigenvalue weighted by Gasteiger charge is -2.12. The van der Waals surface area contributed by atoms with Crippen LogP contribution in [0.1, 0.15) is 12.5 Å². The van der Waals surface area contributed by atoms with Gasteiger partial charge >= 0.3 is 5.97 Å². The molecule has 2 aromatic rings. The number of hydrogen-bond donors (Lipinski definition) is 1. The number of nitrogens with zero attached hydrogens (tertiary/aromatic N) is 2. The van der Waals surface area contributed by atoms with Gasteiger partial charge in [-0.3, -0.25) is 4.79 Å². The van der Waals surface area contributed by atoms with Gasteiger partial charge in [0.1, 0.15) is 0 Å². The highest BCUT2D eigenvalue weighted by atomic mass is 32.2. The van der Waals surface area contributed by atoms with E-state index in [1.807, 2.05) is 0 Å². The molecular formula is C21H23N3O8S. The van der Waals surface area contributed by atoms with Crippen molar-refractivity contribution in [1.82, 2.24) is 4.31 Å². The Morgan fingerprint density at radius 3 is 2.61 bits per heavy atom. The molecule has 0 radical (unpaired) electrons. The predicted octanol–water partition coefficient (Wildman–Crippen LogP) is 1.59. The number of rotatable bonds is 9. The Hall–Kier alpha value is -3.64. The van der Waals surface area contributed by atoms with Crippen LogP contribution in [0.25, 0.3) is 0 Å². The summed E-state index contributed by atoms with van der Waals surface area (Å²) in [6.07, 6.45) is 0. The van der Waals surface area contributed by atoms with Crippen molar-refractivity contribution in [3.63, 3.8) is 0 Å². The van der Waals surface area contributed by atoms with Gasteiger partial charge in [0.25, 0.3) is 5.91 Å². The standard InChI is InChI=1S/C21H23N3O8S/c1-14(15-7-8-18-19(9-15)31-13-30-18)23-32-12-21(26)29-11-20(25)22-16-5-4-6-17(10-16)33(27,28)24(2)3/h4-10H,11-13H2,1-3H3,(H,22,25). The third-order valence-corrected chi connectivity index (χ3v) is 6.25. The minimum absolute atomic E-state index is 0.0198. The number of nitrogens with one attached hydrogen (secondary N) is 1. The normalized spacial score (nSPS) is 13.0. The van der Waals surface area contributed by atoms with Gasteiger partial charge < -0.3 is 24.4 Å². The second-order valence-electron chi connectivity index (χ2n) is 7.04. The van der Waals surface area contributed by atoms with E-state index in [9.17, 15) is 18.0 Å². The lowest BCUT2D eigenvalue weighted by Crippen LogP contribution is -2.24. The van der Waals surface area contributed by atoms with Gasteiger partial charge in [-0.2, -0.15) is 0 Å². The number of carbonyl (C=O) groups excluding carboxylic acids is 2. The molecule has 3 rings (SSSR count). The summed E-state index contributed by atoms with van der Waals surface area (Å²) >= 11 is 0. The van der Waals surface area contributed by atoms with Gasteiger partial charge in [0.15, 0.2) is 18.1 Å². The molecule has 0 unspecified atom stereocenters. The Morgan fingerprint density at radius 2 is 1.85 bits per heavy atom. The van der Waals surface area contributed by atoms with Crippen molar-refractivity contribution in [2.75, 3.05) is 39.4 Å². The molecule has 0 fully saturated rings. The molecule has 0 aromatic heterocycles. The van der Waals surface area contributed by atoms with Crippen LogP contribution in [-0.4, -0.2) is 64.4 Å². The number of esters is 1. The van der Waals surface area contributed by atoms with E-state index >= 15 is 0 Å². The van der Waals surface area contributed by atoms with Gasteiger partial charge in [-0.15, -0.1) is 0 Å². The maximum absolute atomic E-state index is 12.2. The summed E-state index contributed by atoms with van der Waals surface area (Å²) in [6, 6.07) is 11.0. The summed E-state index contributed by atoms with van der Waals surface area (Å²) in [7, 11) is -0.836. The topological polar surface area (TPSA) is 133 Å². The molecule has 0 saturated carbocycles. The quantitative estimate of drug-likeness (QED) is 0.327. The molecule has 0 atom stereocenters. The number of hydrogen-bond acceptors (Lipinski definition) is 9. The molecule has 0 bridgehead atoms. The van der Waals surface area contributed by atoms with Crippen LogP contribution in [0.15, 0.2) is 52.5 Å². The third kappa shape index (κ3) is 6.20. The van der Waals surface area contributed by atoms with E-state index in [1.54, 1.807) is 25.1 Å². The van der Waals surface area contributed by atoms with Crippen molar-refractivity contribution in [3.05, 3.63) is 48.0 Å². The van der Waals surface area contributed by atoms with Crippen LogP contribution in [0.4, 0.5) is 5.69 Å². The number of carbonyl (C=O) groups is 2. The summed E-state index contributed by atoms with van der Waals surface area (Å²) in [4.78, 5) is 28.9. The first kappa shape index (κ1) is 24.0. The summed E-state index contributed by atoms with van der Waals surface area (Å²) in [5, 5.41) is 6.34. The van der Waals surface area contributed by atoms with Crippen LogP contribution < -0.4 is 14.8 Å². The van der Waals surface area contributed by atoms with Gasteiger partial charge in [0.2, 0.25) is 23.4 Å². The molecule has 11 nitrogen and oxygen atoms in total. The van der Waals surface area contributed by atoms with Crippen molar-refractivity contribution in [2.45, 2.75) is 11.8 Å². The number of fused-ring (bicyclic) bond motifs is 1. The highest BCUT2D eigenvalue weighted by Crippen LogP contribution is 2.32. The number of amides is 1. The summed E-state index contributed by atoms with van der Waals surface area (Å²) in [5.41, 5.74) is 1.48. The minimum Gasteiger partial charge on any atom is -0.454 e. The first-order valence-electron chi connectivity index (χ1n) is 9.71. The van der Waals surface area contributed by atoms with Crippen LogP contribution in [0.3, 0.4) is 0 Å². The van der Waals surface area contributed by atoms with Crippen molar-refractivity contribution < 1.29 is 37.1 Å². The second kappa shape index (κ2) is 10.3. The average Bonchev–Trinajstić information content (AvgIpc) is 3.25. The Bertz CT molecular complexity index is 1180. The highest BCUT2D eigenvalue weighted by Gasteiger charge is 2.18. The Balaban J connectivity index is 1.45. The Labute approximate surface area is 190 Å². The molecule has 12 heteroatoms. The number of anilines is 1. The van der Waals surface area contributed by atoms with Gasteiger partial charge in [0, 0.05) is 25.3 Å². The van der Waals surface area contributed by atoms with Crippen molar-refractivity contribution >= 4 is 33.3 Å². The van der Waals surface area contributed by atoms with E-state index < -0.39 is 35.1 Å². The molecule has 1 amide bonds. The summed E-state index contributed by atoms with van der Waals surface area (Å²) < 4.78 is 40.8. The molecule has 1 aliphatic heterocycles. The first-order valence-corrected chi connectivity index (χ1v) is 11.2. The van der Waals surface area contributed by atoms with Crippen LogP contribution in [-0.2, 0) is 29.2 Å². The van der Waals surface area contributed by atoms with E-state index in [0.717, 1.165) is 9.87 Å². The Morgan fingerprint density at radius 1 is 1.09 bits per heavy atom. The molecule has 1 heterocycles. The zero-order chi connectivity index (χ0) is 24.0. The SMILES string of the molecule is CC(=NOCC(=O)OCC(=O)Nc1cccc(S(=O)(=O)N(C)C)c1)c1ccc2c(c1)OCO2. The predicted molar refractivity (Wildman–Crippen MR) is 118 cm³/mol. The van der Waals surface area contributed by atoms with E-state index in [2.05, 4.69) is 10.5 Å². The van der Waals surface area contributed by atoms with Gasteiger partial charge in [-0.05, 0) is 43.3 Å². The fourth-order valence-corrected chi connectivity index (χ4v) is 3.63. The molecule has 0 saturated heterocycles. The highest BCUT2D eigenvalue weighted by molar-refractivity contribution is 7.89. The van der Waals surface area contributed by atoms with E-state index in [-0.39, 0.29) is 17.4 Å². The van der Waals surface area contributed by atoms with Crippen LogP contribution in [0, 0.1) is 0 Å². The van der Waals surface area contributed by atoms with E-state index in [4.69, 9.17) is 19.0 Å². The summed E-state index contributed by atoms with van der Waals surface area (Å²) in [5.74, 6) is -0.197. The fraction of sp³-hybridized carbons (Fsp3) is 0.286. The maximum atomic E-state index is 12.2. The van der Waals surface area contributed by atoms with Gasteiger partial charge in [0.05, 0.1) is 10.6 Å². The zero-order valence-electron chi connectivity index (χ0n) is 18.2. The third-order valence-electron chi connectivity index (χ3n) is 4.43. The van der Waals surface area contributed by atoms with Crippen molar-refractivity contribution in [3.8, 4) is 11.5 Å². The van der Waals surface area contributed by atoms with Crippen LogP contribution >= 0.6 is 0 Å². The van der Waals surface area contributed by atoms with Crippen LogP contribution in [0.5, 0.6) is 11.5 Å². The molecule has 33 heavy (non-hydrogen) atoms. The first-order chi connectivity index (χ1) is 15.7. The molecule has 176 valence electrons. The minimum atomic E-state index is -3.65. The number of oxime groups is 1. The van der Waals surface area contributed by atoms with Crippen molar-refractivity contribution in [1.29, 1.82) is 0 Å². The maximum Gasteiger partial charge on any atom is 0.347 e. The fourth-order valence-electron chi connectivity index (χ4n) is 2.69. The largest absolute Gasteiger partial charge is 0.454 e. The van der Waals surface area contributed by atoms with Crippen molar-refractivity contribution in [2.24, 2.45) is 5.16 Å². The lowest BCUT2D eigenvalue weighted by atomic mass is 10.1. The summed E-state index contributed by atoms with van der Waals surface area (Å²) in [6.45, 7) is 0.788.